The van der Waals surface area contributed by atoms with Crippen LogP contribution in [0.15, 0.2) is 42.9 Å². The van der Waals surface area contributed by atoms with E-state index in [1.165, 1.54) is 6.20 Å². The van der Waals surface area contributed by atoms with Gasteiger partial charge in [0.15, 0.2) is 0 Å². The molecule has 0 aromatic carbocycles. The topological polar surface area (TPSA) is 128 Å². The molecule has 9 nitrogen and oxygen atoms in total. The fourth-order valence-corrected chi connectivity index (χ4v) is 4.03. The number of carbonyl (C=O) groups excluding carboxylic acids is 1. The third kappa shape index (κ3) is 5.02. The van der Waals surface area contributed by atoms with Crippen LogP contribution < -0.4 is 10.2 Å². The van der Waals surface area contributed by atoms with Crippen LogP contribution in [0.25, 0.3) is 11.1 Å². The van der Waals surface area contributed by atoms with Crippen molar-refractivity contribution in [3.05, 3.63) is 65.4 Å². The lowest BCUT2D eigenvalue weighted by Gasteiger charge is -2.34. The maximum Gasteiger partial charge on any atom is 0.255 e. The third-order valence-corrected chi connectivity index (χ3v) is 6.22. The number of nitriles is 2. The van der Waals surface area contributed by atoms with E-state index in [0.29, 0.717) is 48.1 Å². The Morgan fingerprint density at radius 1 is 1.19 bits per heavy atom. The van der Waals surface area contributed by atoms with Crippen molar-refractivity contribution in [1.29, 1.82) is 10.5 Å². The lowest BCUT2D eigenvalue weighted by Crippen LogP contribution is -2.44. The molecule has 0 aliphatic carbocycles. The Balaban J connectivity index is 1.61. The van der Waals surface area contributed by atoms with Crippen LogP contribution in [0, 0.1) is 29.6 Å². The molecule has 1 fully saturated rings. The van der Waals surface area contributed by atoms with E-state index in [9.17, 15) is 15.3 Å². The van der Waals surface area contributed by atoms with Crippen LogP contribution in [0.2, 0.25) is 0 Å². The standard InChI is InChI=1S/C27H27N7O2/c1-17-15-36-8-7-34(17)25-20(12-28)9-21(13-32-25)23-11-22(14-31-18(23)2)33-26(35)19-5-6-30-24(10-19)27(3,4)16-29/h5-6,9-11,13-14,17H,7-8,15H2,1-4H3,(H,33,35)/t17-/m1/s1. The minimum atomic E-state index is -0.814. The molecular weight excluding hydrogens is 454 g/mol. The van der Waals surface area contributed by atoms with Crippen LogP contribution in [0.4, 0.5) is 11.5 Å². The van der Waals surface area contributed by atoms with Crippen LogP contribution in [-0.4, -0.2) is 46.7 Å². The smallest absolute Gasteiger partial charge is 0.255 e. The number of nitrogens with zero attached hydrogens (tertiary/aromatic N) is 6. The molecule has 0 unspecified atom stereocenters. The lowest BCUT2D eigenvalue weighted by molar-refractivity contribution is 0.0985. The molecule has 0 saturated carbocycles. The Morgan fingerprint density at radius 3 is 2.72 bits per heavy atom. The number of pyridine rings is 3. The van der Waals surface area contributed by atoms with Gasteiger partial charge in [-0.25, -0.2) is 4.98 Å². The first kappa shape index (κ1) is 24.8. The number of carbonyl (C=O) groups is 1. The highest BCUT2D eigenvalue weighted by Gasteiger charge is 2.24. The molecule has 9 heteroatoms. The number of nitrogens with one attached hydrogen (secondary N) is 1. The van der Waals surface area contributed by atoms with Gasteiger partial charge in [-0.1, -0.05) is 0 Å². The average Bonchev–Trinajstić information content (AvgIpc) is 2.90. The van der Waals surface area contributed by atoms with Gasteiger partial charge in [-0.3, -0.25) is 14.8 Å². The number of ether oxygens (including phenoxy) is 1. The van der Waals surface area contributed by atoms with Crippen LogP contribution >= 0.6 is 0 Å². The Hall–Kier alpha value is -4.34. The highest BCUT2D eigenvalue weighted by molar-refractivity contribution is 6.04. The fourth-order valence-electron chi connectivity index (χ4n) is 4.03. The van der Waals surface area contributed by atoms with E-state index in [4.69, 9.17) is 4.74 Å². The van der Waals surface area contributed by atoms with Gasteiger partial charge in [0.05, 0.1) is 53.9 Å². The van der Waals surface area contributed by atoms with E-state index >= 15 is 0 Å². The number of anilines is 2. The van der Waals surface area contributed by atoms with E-state index in [1.807, 2.05) is 19.9 Å². The summed E-state index contributed by atoms with van der Waals surface area (Å²) >= 11 is 0. The first-order valence-corrected chi connectivity index (χ1v) is 11.6. The van der Waals surface area contributed by atoms with Crippen molar-refractivity contribution in [3.8, 4) is 23.3 Å². The van der Waals surface area contributed by atoms with Crippen LogP contribution in [0.1, 0.15) is 48.1 Å². The minimum Gasteiger partial charge on any atom is -0.377 e. The fraction of sp³-hybridized carbons (Fsp3) is 0.333. The Kier molecular flexibility index (Phi) is 6.96. The van der Waals surface area contributed by atoms with Gasteiger partial charge >= 0.3 is 0 Å². The summed E-state index contributed by atoms with van der Waals surface area (Å²) in [5.74, 6) is 0.303. The van der Waals surface area contributed by atoms with Crippen LogP contribution in [0.3, 0.4) is 0 Å². The molecule has 0 spiro atoms. The molecule has 1 amide bonds. The summed E-state index contributed by atoms with van der Waals surface area (Å²) in [5, 5.41) is 22.1. The van der Waals surface area contributed by atoms with Gasteiger partial charge in [0, 0.05) is 41.3 Å². The molecule has 182 valence electrons. The number of morpholine rings is 1. The van der Waals surface area contributed by atoms with Gasteiger partial charge in [0.2, 0.25) is 0 Å². The highest BCUT2D eigenvalue weighted by Crippen LogP contribution is 2.30. The molecule has 3 aromatic heterocycles. The number of amides is 1. The summed E-state index contributed by atoms with van der Waals surface area (Å²) in [6.45, 7) is 9.27. The monoisotopic (exact) mass is 481 g/mol. The molecule has 1 N–H and O–H groups in total. The third-order valence-electron chi connectivity index (χ3n) is 6.22. The molecule has 0 bridgehead atoms. The Morgan fingerprint density at radius 2 is 2.00 bits per heavy atom. The van der Waals surface area contributed by atoms with E-state index in [-0.39, 0.29) is 11.9 Å². The molecular formula is C27H27N7O2. The predicted molar refractivity (Wildman–Crippen MR) is 135 cm³/mol. The van der Waals surface area contributed by atoms with Gasteiger partial charge in [0.25, 0.3) is 5.91 Å². The average molecular weight is 482 g/mol. The van der Waals surface area contributed by atoms with E-state index < -0.39 is 5.41 Å². The zero-order valence-electron chi connectivity index (χ0n) is 20.7. The first-order valence-electron chi connectivity index (χ1n) is 11.6. The van der Waals surface area contributed by atoms with Gasteiger partial charge in [-0.2, -0.15) is 10.5 Å². The second kappa shape index (κ2) is 10.1. The predicted octanol–water partition coefficient (Wildman–Crippen LogP) is 4.00. The number of hydrogen-bond acceptors (Lipinski definition) is 8. The molecule has 0 radical (unpaired) electrons. The molecule has 1 atom stereocenters. The van der Waals surface area contributed by atoms with Gasteiger partial charge in [-0.05, 0) is 52.0 Å². The first-order chi connectivity index (χ1) is 17.2. The van der Waals surface area contributed by atoms with Gasteiger partial charge in [-0.15, -0.1) is 0 Å². The van der Waals surface area contributed by atoms with Crippen molar-refractivity contribution in [1.82, 2.24) is 15.0 Å². The van der Waals surface area contributed by atoms with Gasteiger partial charge in [0.1, 0.15) is 11.9 Å². The number of hydrogen-bond donors (Lipinski definition) is 1. The molecule has 1 aliphatic rings. The van der Waals surface area contributed by atoms with Crippen molar-refractivity contribution in [2.45, 2.75) is 39.2 Å². The second-order valence-electron chi connectivity index (χ2n) is 9.30. The van der Waals surface area contributed by atoms with Crippen molar-refractivity contribution in [3.63, 3.8) is 0 Å². The molecule has 3 aromatic rings. The Bertz CT molecular complexity index is 1390. The highest BCUT2D eigenvalue weighted by atomic mass is 16.5. The second-order valence-corrected chi connectivity index (χ2v) is 9.30. The summed E-state index contributed by atoms with van der Waals surface area (Å²) < 4.78 is 5.51. The molecule has 36 heavy (non-hydrogen) atoms. The lowest BCUT2D eigenvalue weighted by atomic mass is 9.90. The summed E-state index contributed by atoms with van der Waals surface area (Å²) in [6, 6.07) is 11.4. The SMILES string of the molecule is Cc1ncc(NC(=O)c2ccnc(C(C)(C)C#N)c2)cc1-c1cnc(N2CCOC[C@H]2C)c(C#N)c1. The van der Waals surface area contributed by atoms with Gasteiger partial charge < -0.3 is 15.0 Å². The maximum atomic E-state index is 12.9. The van der Waals surface area contributed by atoms with Crippen LogP contribution in [-0.2, 0) is 10.2 Å². The van der Waals surface area contributed by atoms with Crippen molar-refractivity contribution < 1.29 is 9.53 Å². The van der Waals surface area contributed by atoms with Crippen molar-refractivity contribution in [2.24, 2.45) is 0 Å². The van der Waals surface area contributed by atoms with Crippen LogP contribution in [0.5, 0.6) is 0 Å². The molecule has 1 saturated heterocycles. The quantitative estimate of drug-likeness (QED) is 0.579. The summed E-state index contributed by atoms with van der Waals surface area (Å²) in [7, 11) is 0. The summed E-state index contributed by atoms with van der Waals surface area (Å²) in [5.41, 5.74) is 3.31. The largest absolute Gasteiger partial charge is 0.377 e. The molecule has 4 rings (SSSR count). The number of aromatic nitrogens is 3. The minimum absolute atomic E-state index is 0.124. The molecule has 1 aliphatic heterocycles. The van der Waals surface area contributed by atoms with E-state index in [2.05, 4.69) is 37.3 Å². The summed E-state index contributed by atoms with van der Waals surface area (Å²) in [6.07, 6.45) is 4.83. The number of aryl methyl sites for hydroxylation is 1. The van der Waals surface area contributed by atoms with E-state index in [1.54, 1.807) is 44.4 Å². The van der Waals surface area contributed by atoms with Crippen molar-refractivity contribution >= 4 is 17.4 Å². The molecule has 4 heterocycles. The number of rotatable bonds is 5. The maximum absolute atomic E-state index is 12.9. The van der Waals surface area contributed by atoms with E-state index in [0.717, 1.165) is 16.8 Å². The summed E-state index contributed by atoms with van der Waals surface area (Å²) in [4.78, 5) is 28.3. The Labute approximate surface area is 210 Å². The zero-order valence-corrected chi connectivity index (χ0v) is 20.7. The normalized spacial score (nSPS) is 15.6. The zero-order chi connectivity index (χ0) is 25.9. The van der Waals surface area contributed by atoms with Crippen molar-refractivity contribution in [2.75, 3.05) is 30.0 Å².